The lowest BCUT2D eigenvalue weighted by Gasteiger charge is -2.04. The van der Waals surface area contributed by atoms with Gasteiger partial charge in [-0.25, -0.2) is 0 Å². The maximum atomic E-state index is 5.82. The summed E-state index contributed by atoms with van der Waals surface area (Å²) in [6.45, 7) is 0.544. The summed E-state index contributed by atoms with van der Waals surface area (Å²) in [5.41, 5.74) is 0.893. The Hall–Kier alpha value is -1.50. The van der Waals surface area contributed by atoms with Crippen LogP contribution in [0.2, 0.25) is 5.02 Å². The molecule has 3 rings (SSSR count). The van der Waals surface area contributed by atoms with E-state index in [0.717, 1.165) is 15.8 Å². The van der Waals surface area contributed by atoms with E-state index < -0.39 is 0 Å². The Morgan fingerprint density at radius 2 is 1.78 bits per heavy atom. The van der Waals surface area contributed by atoms with Gasteiger partial charge in [0.1, 0.15) is 5.75 Å². The maximum Gasteiger partial charge on any atom is 0.276 e. The van der Waals surface area contributed by atoms with Crippen molar-refractivity contribution in [3.05, 3.63) is 58.0 Å². The average Bonchev–Trinajstić information content (AvgIpc) is 3.03. The van der Waals surface area contributed by atoms with E-state index in [1.807, 2.05) is 36.4 Å². The summed E-state index contributed by atoms with van der Waals surface area (Å²) in [6, 6.07) is 15.0. The van der Waals surface area contributed by atoms with Gasteiger partial charge in [0.2, 0.25) is 5.89 Å². The molecule has 23 heavy (non-hydrogen) atoms. The van der Waals surface area contributed by atoms with E-state index in [1.165, 1.54) is 11.8 Å². The summed E-state index contributed by atoms with van der Waals surface area (Å²) in [4.78, 5) is 0. The molecule has 0 saturated carbocycles. The van der Waals surface area contributed by atoms with E-state index in [2.05, 4.69) is 26.1 Å². The number of aromatic nitrogens is 2. The molecule has 0 unspecified atom stereocenters. The summed E-state index contributed by atoms with van der Waals surface area (Å²) in [5.74, 6) is 2.01. The van der Waals surface area contributed by atoms with Crippen LogP contribution in [0.4, 0.5) is 0 Å². The zero-order valence-electron chi connectivity index (χ0n) is 11.9. The number of thioether (sulfide) groups is 1. The Balaban J connectivity index is 1.49. The van der Waals surface area contributed by atoms with Crippen LogP contribution in [0, 0.1) is 0 Å². The van der Waals surface area contributed by atoms with Crippen molar-refractivity contribution in [1.82, 2.24) is 10.2 Å². The molecule has 0 aliphatic heterocycles. The van der Waals surface area contributed by atoms with Crippen LogP contribution < -0.4 is 4.74 Å². The molecule has 2 aromatic carbocycles. The Bertz CT molecular complexity index is 763. The summed E-state index contributed by atoms with van der Waals surface area (Å²) < 4.78 is 12.3. The minimum atomic E-state index is 0.513. The van der Waals surface area contributed by atoms with Crippen LogP contribution in [0.15, 0.2) is 62.6 Å². The molecule has 4 nitrogen and oxygen atoms in total. The number of benzene rings is 2. The van der Waals surface area contributed by atoms with E-state index in [1.54, 1.807) is 12.1 Å². The molecular formula is C16H12BrClN2O2S. The van der Waals surface area contributed by atoms with E-state index in [-0.39, 0.29) is 0 Å². The molecule has 7 heteroatoms. The minimum Gasteiger partial charge on any atom is -0.493 e. The van der Waals surface area contributed by atoms with E-state index in [4.69, 9.17) is 20.8 Å². The Morgan fingerprint density at radius 1 is 1.04 bits per heavy atom. The topological polar surface area (TPSA) is 48.2 Å². The van der Waals surface area contributed by atoms with Crippen LogP contribution in [-0.2, 0) is 0 Å². The summed E-state index contributed by atoms with van der Waals surface area (Å²) in [5, 5.41) is 9.31. The standard InChI is InChI=1S/C16H12BrClN2O2S/c17-12-3-1-11(2-4-12)15-19-20-16(22-15)23-10-9-21-14-7-5-13(18)6-8-14/h1-8H,9-10H2. The van der Waals surface area contributed by atoms with Crippen molar-refractivity contribution in [1.29, 1.82) is 0 Å². The summed E-state index contributed by atoms with van der Waals surface area (Å²) >= 11 is 10.7. The number of halogens is 2. The van der Waals surface area contributed by atoms with Crippen molar-refractivity contribution in [2.45, 2.75) is 5.22 Å². The van der Waals surface area contributed by atoms with Crippen LogP contribution in [0.1, 0.15) is 0 Å². The molecular weight excluding hydrogens is 400 g/mol. The number of rotatable bonds is 6. The molecule has 0 saturated heterocycles. The molecule has 0 aliphatic carbocycles. The lowest BCUT2D eigenvalue weighted by Crippen LogP contribution is -1.99. The first-order chi connectivity index (χ1) is 11.2. The minimum absolute atomic E-state index is 0.513. The molecule has 118 valence electrons. The highest BCUT2D eigenvalue weighted by atomic mass is 79.9. The van der Waals surface area contributed by atoms with Crippen LogP contribution >= 0.6 is 39.3 Å². The van der Waals surface area contributed by atoms with Crippen LogP contribution in [0.3, 0.4) is 0 Å². The second kappa shape index (κ2) is 7.86. The molecule has 0 atom stereocenters. The Labute approximate surface area is 151 Å². The summed E-state index contributed by atoms with van der Waals surface area (Å²) in [6.07, 6.45) is 0. The molecule has 0 spiro atoms. The third kappa shape index (κ3) is 4.73. The Kier molecular flexibility index (Phi) is 5.59. The third-order valence-electron chi connectivity index (χ3n) is 2.89. The number of hydrogen-bond donors (Lipinski definition) is 0. The van der Waals surface area contributed by atoms with Gasteiger partial charge in [0, 0.05) is 20.8 Å². The van der Waals surface area contributed by atoms with Crippen LogP contribution in [0.5, 0.6) is 5.75 Å². The van der Waals surface area contributed by atoms with Gasteiger partial charge in [0.25, 0.3) is 5.22 Å². The lowest BCUT2D eigenvalue weighted by atomic mass is 10.2. The second-order valence-electron chi connectivity index (χ2n) is 4.53. The molecule has 1 heterocycles. The van der Waals surface area contributed by atoms with Crippen LogP contribution in [0.25, 0.3) is 11.5 Å². The molecule has 3 aromatic rings. The highest BCUT2D eigenvalue weighted by Crippen LogP contribution is 2.24. The smallest absolute Gasteiger partial charge is 0.276 e. The van der Waals surface area contributed by atoms with Crippen molar-refractivity contribution in [2.75, 3.05) is 12.4 Å². The van der Waals surface area contributed by atoms with Gasteiger partial charge in [-0.1, -0.05) is 39.3 Å². The van der Waals surface area contributed by atoms with Gasteiger partial charge < -0.3 is 9.15 Å². The van der Waals surface area contributed by atoms with Gasteiger partial charge in [-0.15, -0.1) is 10.2 Å². The van der Waals surface area contributed by atoms with Crippen molar-refractivity contribution in [3.8, 4) is 17.2 Å². The van der Waals surface area contributed by atoms with Crippen molar-refractivity contribution in [2.24, 2.45) is 0 Å². The normalized spacial score (nSPS) is 10.7. The molecule has 0 radical (unpaired) electrons. The third-order valence-corrected chi connectivity index (χ3v) is 4.45. The van der Waals surface area contributed by atoms with Crippen LogP contribution in [-0.4, -0.2) is 22.6 Å². The van der Waals surface area contributed by atoms with Crippen molar-refractivity contribution < 1.29 is 9.15 Å². The van der Waals surface area contributed by atoms with Gasteiger partial charge in [-0.3, -0.25) is 0 Å². The van der Waals surface area contributed by atoms with Crippen molar-refractivity contribution >= 4 is 39.3 Å². The fourth-order valence-electron chi connectivity index (χ4n) is 1.80. The van der Waals surface area contributed by atoms with Gasteiger partial charge in [-0.05, 0) is 48.5 Å². The van der Waals surface area contributed by atoms with E-state index >= 15 is 0 Å². The molecule has 1 aromatic heterocycles. The van der Waals surface area contributed by atoms with Gasteiger partial charge >= 0.3 is 0 Å². The first-order valence-corrected chi connectivity index (χ1v) is 8.97. The zero-order chi connectivity index (χ0) is 16.1. The highest BCUT2D eigenvalue weighted by molar-refractivity contribution is 9.10. The number of hydrogen-bond acceptors (Lipinski definition) is 5. The molecule has 0 aliphatic rings. The zero-order valence-corrected chi connectivity index (χ0v) is 15.1. The van der Waals surface area contributed by atoms with Gasteiger partial charge in [0.05, 0.1) is 6.61 Å². The summed E-state index contributed by atoms with van der Waals surface area (Å²) in [7, 11) is 0. The van der Waals surface area contributed by atoms with Gasteiger partial charge in [-0.2, -0.15) is 0 Å². The first kappa shape index (κ1) is 16.4. The highest BCUT2D eigenvalue weighted by Gasteiger charge is 2.08. The first-order valence-electron chi connectivity index (χ1n) is 6.81. The Morgan fingerprint density at radius 3 is 2.52 bits per heavy atom. The fraction of sp³-hybridized carbons (Fsp3) is 0.125. The quantitative estimate of drug-likeness (QED) is 0.405. The van der Waals surface area contributed by atoms with Gasteiger partial charge in [0.15, 0.2) is 0 Å². The molecule has 0 N–H and O–H groups in total. The largest absolute Gasteiger partial charge is 0.493 e. The predicted molar refractivity (Wildman–Crippen MR) is 95.1 cm³/mol. The van der Waals surface area contributed by atoms with E-state index in [0.29, 0.717) is 28.5 Å². The van der Waals surface area contributed by atoms with E-state index in [9.17, 15) is 0 Å². The maximum absolute atomic E-state index is 5.82. The predicted octanol–water partition coefficient (Wildman–Crippen LogP) is 5.32. The molecule has 0 amide bonds. The SMILES string of the molecule is Clc1ccc(OCCSc2nnc(-c3ccc(Br)cc3)o2)cc1. The fourth-order valence-corrected chi connectivity index (χ4v) is 2.76. The molecule has 0 fully saturated rings. The second-order valence-corrected chi connectivity index (χ2v) is 6.93. The number of ether oxygens (including phenoxy) is 1. The average molecular weight is 412 g/mol. The monoisotopic (exact) mass is 410 g/mol. The van der Waals surface area contributed by atoms with Crippen molar-refractivity contribution in [3.63, 3.8) is 0 Å². The number of nitrogens with zero attached hydrogens (tertiary/aromatic N) is 2. The lowest BCUT2D eigenvalue weighted by molar-refractivity contribution is 0.343. The molecule has 0 bridgehead atoms.